The van der Waals surface area contributed by atoms with Crippen LogP contribution < -0.4 is 5.32 Å². The number of allylic oxidation sites excluding steroid dienone is 1. The SMILES string of the molecule is CC(C)=CCNc1ccc(-c2cc(C)c(-c3ccc(CC(C)C)c(F)c3)c(C)c2C)cn1. The summed E-state index contributed by atoms with van der Waals surface area (Å²) in [5.41, 5.74) is 9.92. The number of hydrogen-bond acceptors (Lipinski definition) is 2. The lowest BCUT2D eigenvalue weighted by Gasteiger charge is -2.18. The van der Waals surface area contributed by atoms with Gasteiger partial charge < -0.3 is 5.32 Å². The van der Waals surface area contributed by atoms with Gasteiger partial charge in [-0.3, -0.25) is 0 Å². The molecule has 0 atom stereocenters. The van der Waals surface area contributed by atoms with Gasteiger partial charge in [0.25, 0.3) is 0 Å². The van der Waals surface area contributed by atoms with E-state index in [0.717, 1.165) is 46.6 Å². The number of nitrogens with zero attached hydrogens (tertiary/aromatic N) is 1. The van der Waals surface area contributed by atoms with E-state index in [-0.39, 0.29) is 5.82 Å². The summed E-state index contributed by atoms with van der Waals surface area (Å²) in [6.45, 7) is 15.5. The van der Waals surface area contributed by atoms with E-state index in [1.54, 1.807) is 6.07 Å². The topological polar surface area (TPSA) is 24.9 Å². The Morgan fingerprint density at radius 2 is 1.72 bits per heavy atom. The van der Waals surface area contributed by atoms with Crippen molar-refractivity contribution in [2.24, 2.45) is 5.92 Å². The van der Waals surface area contributed by atoms with Crippen LogP contribution >= 0.6 is 0 Å². The van der Waals surface area contributed by atoms with E-state index in [0.29, 0.717) is 5.92 Å². The summed E-state index contributed by atoms with van der Waals surface area (Å²) in [7, 11) is 0. The fourth-order valence-corrected chi connectivity index (χ4v) is 4.15. The van der Waals surface area contributed by atoms with Gasteiger partial charge in [0.05, 0.1) is 0 Å². The molecule has 1 aromatic heterocycles. The van der Waals surface area contributed by atoms with Crippen molar-refractivity contribution in [3.63, 3.8) is 0 Å². The van der Waals surface area contributed by atoms with Crippen LogP contribution in [-0.4, -0.2) is 11.5 Å². The molecule has 3 aromatic rings. The number of anilines is 1. The normalized spacial score (nSPS) is 11.0. The van der Waals surface area contributed by atoms with E-state index in [2.05, 4.69) is 83.0 Å². The zero-order valence-corrected chi connectivity index (χ0v) is 20.4. The summed E-state index contributed by atoms with van der Waals surface area (Å²) in [6, 6.07) is 12.0. The van der Waals surface area contributed by atoms with E-state index in [9.17, 15) is 4.39 Å². The molecule has 0 saturated heterocycles. The third kappa shape index (κ3) is 5.45. The number of hydrogen-bond donors (Lipinski definition) is 1. The maximum absolute atomic E-state index is 14.8. The quantitative estimate of drug-likeness (QED) is 0.383. The summed E-state index contributed by atoms with van der Waals surface area (Å²) < 4.78 is 14.8. The Morgan fingerprint density at radius 3 is 2.31 bits per heavy atom. The predicted molar refractivity (Wildman–Crippen MR) is 136 cm³/mol. The van der Waals surface area contributed by atoms with Gasteiger partial charge in [-0.2, -0.15) is 0 Å². The van der Waals surface area contributed by atoms with Crippen molar-refractivity contribution >= 4 is 5.82 Å². The Bertz CT molecular complexity index is 1120. The first-order chi connectivity index (χ1) is 15.2. The van der Waals surface area contributed by atoms with E-state index in [1.807, 2.05) is 18.3 Å². The molecule has 1 N–H and O–H groups in total. The van der Waals surface area contributed by atoms with Crippen molar-refractivity contribution in [3.8, 4) is 22.3 Å². The molecule has 0 bridgehead atoms. The van der Waals surface area contributed by atoms with Crippen molar-refractivity contribution in [2.45, 2.75) is 54.9 Å². The van der Waals surface area contributed by atoms with Crippen LogP contribution in [0.15, 0.2) is 54.2 Å². The van der Waals surface area contributed by atoms with Crippen molar-refractivity contribution in [3.05, 3.63) is 82.3 Å². The minimum absolute atomic E-state index is 0.114. The number of nitrogens with one attached hydrogen (secondary N) is 1. The summed E-state index contributed by atoms with van der Waals surface area (Å²) in [4.78, 5) is 4.59. The van der Waals surface area contributed by atoms with Gasteiger partial charge in [-0.05, 0) is 104 Å². The van der Waals surface area contributed by atoms with E-state index in [4.69, 9.17) is 0 Å². The average Bonchev–Trinajstić information content (AvgIpc) is 2.73. The molecular weight excluding hydrogens is 395 g/mol. The third-order valence-electron chi connectivity index (χ3n) is 5.93. The van der Waals surface area contributed by atoms with Crippen LogP contribution in [0.1, 0.15) is 49.9 Å². The molecule has 1 heterocycles. The first kappa shape index (κ1) is 23.7. The third-order valence-corrected chi connectivity index (χ3v) is 5.93. The fourth-order valence-electron chi connectivity index (χ4n) is 4.15. The largest absolute Gasteiger partial charge is 0.367 e. The molecule has 0 aliphatic carbocycles. The molecule has 3 heteroatoms. The fraction of sp³-hybridized carbons (Fsp3) is 0.345. The molecule has 0 amide bonds. The molecule has 0 saturated carbocycles. The van der Waals surface area contributed by atoms with Crippen molar-refractivity contribution in [2.75, 3.05) is 11.9 Å². The second-order valence-corrected chi connectivity index (χ2v) is 9.36. The Morgan fingerprint density at radius 1 is 1.00 bits per heavy atom. The van der Waals surface area contributed by atoms with Gasteiger partial charge in [0.15, 0.2) is 0 Å². The van der Waals surface area contributed by atoms with E-state index < -0.39 is 0 Å². The predicted octanol–water partition coefficient (Wildman–Crippen LogP) is 8.06. The Kier molecular flexibility index (Phi) is 7.50. The lowest BCUT2D eigenvalue weighted by Crippen LogP contribution is -2.01. The van der Waals surface area contributed by atoms with Crippen LogP contribution in [0.3, 0.4) is 0 Å². The second kappa shape index (κ2) is 10.1. The lowest BCUT2D eigenvalue weighted by atomic mass is 9.87. The van der Waals surface area contributed by atoms with Crippen molar-refractivity contribution in [1.29, 1.82) is 0 Å². The first-order valence-corrected chi connectivity index (χ1v) is 11.4. The van der Waals surface area contributed by atoms with Crippen LogP contribution in [0.2, 0.25) is 0 Å². The van der Waals surface area contributed by atoms with E-state index in [1.165, 1.54) is 22.3 Å². The molecule has 2 nitrogen and oxygen atoms in total. The maximum atomic E-state index is 14.8. The van der Waals surface area contributed by atoms with Crippen LogP contribution in [0.4, 0.5) is 10.2 Å². The molecule has 0 unspecified atom stereocenters. The van der Waals surface area contributed by atoms with Gasteiger partial charge in [0.2, 0.25) is 0 Å². The minimum atomic E-state index is -0.114. The average molecular weight is 431 g/mol. The van der Waals surface area contributed by atoms with Gasteiger partial charge in [-0.25, -0.2) is 9.37 Å². The number of halogens is 1. The molecule has 168 valence electrons. The highest BCUT2D eigenvalue weighted by Crippen LogP contribution is 2.36. The Balaban J connectivity index is 1.92. The number of aryl methyl sites for hydroxylation is 1. The van der Waals surface area contributed by atoms with E-state index >= 15 is 0 Å². The lowest BCUT2D eigenvalue weighted by molar-refractivity contribution is 0.574. The summed E-state index contributed by atoms with van der Waals surface area (Å²) >= 11 is 0. The van der Waals surface area contributed by atoms with Gasteiger partial charge >= 0.3 is 0 Å². The van der Waals surface area contributed by atoms with Gasteiger partial charge in [-0.15, -0.1) is 0 Å². The molecule has 0 aliphatic rings. The minimum Gasteiger partial charge on any atom is -0.367 e. The number of pyridine rings is 1. The number of aromatic nitrogens is 1. The van der Waals surface area contributed by atoms with Gasteiger partial charge in [0, 0.05) is 18.3 Å². The monoisotopic (exact) mass is 430 g/mol. The molecule has 2 aromatic carbocycles. The van der Waals surface area contributed by atoms with Gasteiger partial charge in [-0.1, -0.05) is 43.7 Å². The van der Waals surface area contributed by atoms with Crippen LogP contribution in [0, 0.1) is 32.5 Å². The van der Waals surface area contributed by atoms with Crippen molar-refractivity contribution < 1.29 is 4.39 Å². The highest BCUT2D eigenvalue weighted by Gasteiger charge is 2.15. The molecule has 0 radical (unpaired) electrons. The second-order valence-electron chi connectivity index (χ2n) is 9.36. The smallest absolute Gasteiger partial charge is 0.127 e. The molecule has 0 spiro atoms. The summed E-state index contributed by atoms with van der Waals surface area (Å²) in [5.74, 6) is 1.19. The molecule has 0 aliphatic heterocycles. The number of benzene rings is 2. The van der Waals surface area contributed by atoms with Gasteiger partial charge in [0.1, 0.15) is 11.6 Å². The highest BCUT2D eigenvalue weighted by atomic mass is 19.1. The standard InChI is InChI=1S/C29H35FN2/c1-18(2)12-13-31-28-11-10-25(17-32-28)26-15-20(5)29(22(7)21(26)6)24-9-8-23(14-19(3)4)27(30)16-24/h8-12,15-17,19H,13-14H2,1-7H3,(H,31,32). The molecular formula is C29H35FN2. The van der Waals surface area contributed by atoms with Crippen LogP contribution in [-0.2, 0) is 6.42 Å². The molecule has 3 rings (SSSR count). The summed E-state index contributed by atoms with van der Waals surface area (Å²) in [6.07, 6.45) is 4.82. The zero-order chi connectivity index (χ0) is 23.4. The summed E-state index contributed by atoms with van der Waals surface area (Å²) in [5, 5.41) is 3.32. The Hall–Kier alpha value is -2.94. The molecule has 0 fully saturated rings. The highest BCUT2D eigenvalue weighted by molar-refractivity contribution is 5.79. The van der Waals surface area contributed by atoms with Crippen LogP contribution in [0.5, 0.6) is 0 Å². The first-order valence-electron chi connectivity index (χ1n) is 11.4. The maximum Gasteiger partial charge on any atom is 0.127 e. The molecule has 32 heavy (non-hydrogen) atoms. The number of rotatable bonds is 7. The zero-order valence-electron chi connectivity index (χ0n) is 20.4. The van der Waals surface area contributed by atoms with Crippen LogP contribution in [0.25, 0.3) is 22.3 Å². The Labute approximate surface area is 192 Å². The van der Waals surface area contributed by atoms with Crippen molar-refractivity contribution in [1.82, 2.24) is 4.98 Å².